The van der Waals surface area contributed by atoms with E-state index in [1.165, 1.54) is 19.1 Å². The Morgan fingerprint density at radius 1 is 0.767 bits per heavy atom. The summed E-state index contributed by atoms with van der Waals surface area (Å²) < 4.78 is 27.9. The molecule has 0 atom stereocenters. The molecule has 0 radical (unpaired) electrons. The van der Waals surface area contributed by atoms with Gasteiger partial charge in [-0.1, -0.05) is 12.1 Å². The van der Waals surface area contributed by atoms with Crippen molar-refractivity contribution in [2.24, 2.45) is 0 Å². The normalized spacial score (nSPS) is 11.0. The van der Waals surface area contributed by atoms with E-state index in [9.17, 15) is 18.0 Å². The third kappa shape index (κ3) is 4.93. The van der Waals surface area contributed by atoms with Gasteiger partial charge in [0.25, 0.3) is 15.9 Å². The van der Waals surface area contributed by atoms with Crippen molar-refractivity contribution in [2.75, 3.05) is 10.0 Å². The van der Waals surface area contributed by atoms with E-state index in [0.717, 1.165) is 5.56 Å². The quantitative estimate of drug-likeness (QED) is 0.570. The summed E-state index contributed by atoms with van der Waals surface area (Å²) in [5.74, 6) is -0.388. The highest BCUT2D eigenvalue weighted by atomic mass is 32.2. The predicted octanol–water partition coefficient (Wildman–Crippen LogP) is 4.56. The van der Waals surface area contributed by atoms with Crippen molar-refractivity contribution in [1.29, 1.82) is 0 Å². The Bertz CT molecular complexity index is 1200. The zero-order valence-electron chi connectivity index (χ0n) is 16.9. The number of hydrogen-bond donors (Lipinski definition) is 2. The number of ketones is 1. The lowest BCUT2D eigenvalue weighted by atomic mass is 10.1. The van der Waals surface area contributed by atoms with E-state index in [1.54, 1.807) is 55.5 Å². The summed E-state index contributed by atoms with van der Waals surface area (Å²) in [4.78, 5) is 24.0. The fourth-order valence-corrected chi connectivity index (χ4v) is 4.28. The van der Waals surface area contributed by atoms with E-state index in [4.69, 9.17) is 0 Å². The van der Waals surface area contributed by atoms with Gasteiger partial charge < -0.3 is 5.32 Å². The highest BCUT2D eigenvalue weighted by molar-refractivity contribution is 7.92. The van der Waals surface area contributed by atoms with Crippen LogP contribution in [0.15, 0.2) is 71.6 Å². The van der Waals surface area contributed by atoms with E-state index in [1.807, 2.05) is 13.0 Å². The molecule has 0 aliphatic carbocycles. The minimum Gasteiger partial charge on any atom is -0.322 e. The van der Waals surface area contributed by atoms with Gasteiger partial charge in [0, 0.05) is 22.5 Å². The maximum Gasteiger partial charge on any atom is 0.262 e. The zero-order valence-corrected chi connectivity index (χ0v) is 17.7. The minimum absolute atomic E-state index is 0.0493. The fraction of sp³-hybridized carbons (Fsp3) is 0.130. The molecule has 0 aliphatic heterocycles. The van der Waals surface area contributed by atoms with Gasteiger partial charge in [-0.3, -0.25) is 14.3 Å². The lowest BCUT2D eigenvalue weighted by Crippen LogP contribution is -2.15. The highest BCUT2D eigenvalue weighted by Gasteiger charge is 2.17. The fourth-order valence-electron chi connectivity index (χ4n) is 2.89. The van der Waals surface area contributed by atoms with Gasteiger partial charge in [-0.15, -0.1) is 0 Å². The number of nitrogens with one attached hydrogen (secondary N) is 2. The van der Waals surface area contributed by atoms with Crippen LogP contribution in [-0.4, -0.2) is 20.1 Å². The molecule has 0 aromatic heterocycles. The van der Waals surface area contributed by atoms with Gasteiger partial charge in [0.15, 0.2) is 5.78 Å². The second kappa shape index (κ2) is 8.51. The van der Waals surface area contributed by atoms with E-state index >= 15 is 0 Å². The van der Waals surface area contributed by atoms with E-state index in [2.05, 4.69) is 10.0 Å². The summed E-state index contributed by atoms with van der Waals surface area (Å²) in [6.07, 6.45) is 0. The largest absolute Gasteiger partial charge is 0.322 e. The zero-order chi connectivity index (χ0) is 21.9. The minimum atomic E-state index is -3.74. The van der Waals surface area contributed by atoms with Crippen molar-refractivity contribution in [3.05, 3.63) is 89.0 Å². The second-order valence-corrected chi connectivity index (χ2v) is 8.69. The molecule has 6 nitrogen and oxygen atoms in total. The Hall–Kier alpha value is -3.45. The standard InChI is InChI=1S/C23H22N2O4S/c1-15-4-5-16(2)22(14-15)30(28,29)25-21-12-8-19(9-13-21)23(27)24-20-10-6-18(7-11-20)17(3)26/h4-14,25H,1-3H3,(H,24,27). The second-order valence-electron chi connectivity index (χ2n) is 7.04. The lowest BCUT2D eigenvalue weighted by Gasteiger charge is -2.12. The monoisotopic (exact) mass is 422 g/mol. The number of aryl methyl sites for hydroxylation is 2. The molecule has 30 heavy (non-hydrogen) atoms. The van der Waals surface area contributed by atoms with Crippen LogP contribution in [0.25, 0.3) is 0 Å². The van der Waals surface area contributed by atoms with Crippen LogP contribution in [0, 0.1) is 13.8 Å². The first kappa shape index (κ1) is 21.3. The summed E-state index contributed by atoms with van der Waals surface area (Å²) in [6.45, 7) is 5.05. The number of rotatable bonds is 6. The molecular formula is C23H22N2O4S. The van der Waals surface area contributed by atoms with Crippen LogP contribution in [0.4, 0.5) is 11.4 Å². The number of benzene rings is 3. The van der Waals surface area contributed by atoms with Crippen LogP contribution in [0.3, 0.4) is 0 Å². The smallest absolute Gasteiger partial charge is 0.262 e. The van der Waals surface area contributed by atoms with Crippen molar-refractivity contribution in [3.63, 3.8) is 0 Å². The Balaban J connectivity index is 1.72. The molecule has 0 bridgehead atoms. The molecule has 0 heterocycles. The first-order valence-electron chi connectivity index (χ1n) is 9.28. The molecule has 3 aromatic rings. The van der Waals surface area contributed by atoms with Crippen molar-refractivity contribution in [3.8, 4) is 0 Å². The molecule has 0 saturated heterocycles. The van der Waals surface area contributed by atoms with Crippen LogP contribution >= 0.6 is 0 Å². The summed E-state index contributed by atoms with van der Waals surface area (Å²) in [7, 11) is -3.74. The number of amides is 1. The predicted molar refractivity (Wildman–Crippen MR) is 118 cm³/mol. The third-order valence-corrected chi connectivity index (χ3v) is 6.11. The summed E-state index contributed by atoms with van der Waals surface area (Å²) in [6, 6.07) is 18.0. The Labute approximate surface area is 176 Å². The molecule has 0 spiro atoms. The Morgan fingerprint density at radius 2 is 1.33 bits per heavy atom. The summed E-state index contributed by atoms with van der Waals surface area (Å²) in [5, 5.41) is 2.74. The van der Waals surface area contributed by atoms with Gasteiger partial charge in [-0.2, -0.15) is 0 Å². The van der Waals surface area contributed by atoms with E-state index in [0.29, 0.717) is 28.1 Å². The van der Waals surface area contributed by atoms with Crippen LogP contribution in [-0.2, 0) is 10.0 Å². The van der Waals surface area contributed by atoms with Crippen LogP contribution in [0.5, 0.6) is 0 Å². The van der Waals surface area contributed by atoms with E-state index in [-0.39, 0.29) is 16.6 Å². The number of sulfonamides is 1. The molecule has 2 N–H and O–H groups in total. The van der Waals surface area contributed by atoms with Crippen LogP contribution < -0.4 is 10.0 Å². The molecule has 0 unspecified atom stereocenters. The number of hydrogen-bond acceptors (Lipinski definition) is 4. The molecule has 0 saturated carbocycles. The number of Topliss-reactive ketones (excluding diaryl/α,β-unsaturated/α-hetero) is 1. The van der Waals surface area contributed by atoms with Gasteiger partial charge >= 0.3 is 0 Å². The van der Waals surface area contributed by atoms with Crippen molar-refractivity contribution in [2.45, 2.75) is 25.7 Å². The van der Waals surface area contributed by atoms with Crippen molar-refractivity contribution in [1.82, 2.24) is 0 Å². The van der Waals surface area contributed by atoms with Gasteiger partial charge in [0.1, 0.15) is 0 Å². The lowest BCUT2D eigenvalue weighted by molar-refractivity contribution is 0.101. The number of anilines is 2. The maximum absolute atomic E-state index is 12.7. The average Bonchev–Trinajstić information content (AvgIpc) is 2.70. The van der Waals surface area contributed by atoms with Crippen LogP contribution in [0.2, 0.25) is 0 Å². The molecule has 7 heteroatoms. The Morgan fingerprint density at radius 3 is 1.93 bits per heavy atom. The molecule has 1 amide bonds. The topological polar surface area (TPSA) is 92.3 Å². The molecule has 0 aliphatic rings. The molecule has 3 rings (SSSR count). The Kier molecular flexibility index (Phi) is 6.03. The maximum atomic E-state index is 12.7. The first-order chi connectivity index (χ1) is 14.2. The first-order valence-corrected chi connectivity index (χ1v) is 10.8. The van der Waals surface area contributed by atoms with E-state index < -0.39 is 10.0 Å². The third-order valence-electron chi connectivity index (χ3n) is 4.58. The van der Waals surface area contributed by atoms with Gasteiger partial charge in [-0.05, 0) is 86.5 Å². The summed E-state index contributed by atoms with van der Waals surface area (Å²) in [5.41, 5.74) is 3.36. The SMILES string of the molecule is CC(=O)c1ccc(NC(=O)c2ccc(NS(=O)(=O)c3cc(C)ccc3C)cc2)cc1. The molecular weight excluding hydrogens is 400 g/mol. The number of carbonyl (C=O) groups is 2. The van der Waals surface area contributed by atoms with Crippen molar-refractivity contribution < 1.29 is 18.0 Å². The number of carbonyl (C=O) groups excluding carboxylic acids is 2. The van der Waals surface area contributed by atoms with Crippen LogP contribution in [0.1, 0.15) is 38.8 Å². The van der Waals surface area contributed by atoms with Gasteiger partial charge in [0.2, 0.25) is 0 Å². The van der Waals surface area contributed by atoms with Crippen molar-refractivity contribution >= 4 is 33.1 Å². The van der Waals surface area contributed by atoms with Gasteiger partial charge in [0.05, 0.1) is 4.90 Å². The average molecular weight is 423 g/mol. The highest BCUT2D eigenvalue weighted by Crippen LogP contribution is 2.21. The molecule has 0 fully saturated rings. The summed E-state index contributed by atoms with van der Waals surface area (Å²) >= 11 is 0. The van der Waals surface area contributed by atoms with Gasteiger partial charge in [-0.25, -0.2) is 8.42 Å². The molecule has 154 valence electrons. The molecule has 3 aromatic carbocycles.